The van der Waals surface area contributed by atoms with E-state index in [1.165, 1.54) is 6.20 Å². The molecule has 0 bridgehead atoms. The average Bonchev–Trinajstić information content (AvgIpc) is 3.00. The fraction of sp³-hybridized carbons (Fsp3) is 0.550. The van der Waals surface area contributed by atoms with E-state index in [2.05, 4.69) is 25.9 Å². The predicted molar refractivity (Wildman–Crippen MR) is 207 cm³/mol. The highest BCUT2D eigenvalue weighted by molar-refractivity contribution is 6.05. The van der Waals surface area contributed by atoms with E-state index >= 15 is 4.39 Å². The maximum absolute atomic E-state index is 16.8. The average molecular weight is 762 g/mol. The fourth-order valence-electron chi connectivity index (χ4n) is 7.44. The first kappa shape index (κ1) is 39.5. The topological polar surface area (TPSA) is 164 Å². The third-order valence-electron chi connectivity index (χ3n) is 9.58. The molecule has 1 saturated carbocycles. The van der Waals surface area contributed by atoms with E-state index in [0.29, 0.717) is 60.4 Å². The second kappa shape index (κ2) is 14.1. The van der Waals surface area contributed by atoms with Crippen LogP contribution in [0.15, 0.2) is 24.5 Å². The summed E-state index contributed by atoms with van der Waals surface area (Å²) < 4.78 is 33.4. The molecule has 1 spiro atoms. The van der Waals surface area contributed by atoms with Gasteiger partial charge in [0.05, 0.1) is 17.1 Å². The number of urea groups is 1. The number of nitrogens with one attached hydrogen (secondary N) is 3. The van der Waals surface area contributed by atoms with Gasteiger partial charge in [-0.15, -0.1) is 0 Å². The Morgan fingerprint density at radius 3 is 2.11 bits per heavy atom. The maximum Gasteiger partial charge on any atom is 0.414 e. The molecule has 0 radical (unpaired) electrons. The van der Waals surface area contributed by atoms with Crippen molar-refractivity contribution in [2.24, 2.45) is 5.41 Å². The summed E-state index contributed by atoms with van der Waals surface area (Å²) in [6, 6.07) is 2.67. The molecular weight excluding hydrogens is 709 g/mol. The lowest BCUT2D eigenvalue weighted by Gasteiger charge is -2.58. The largest absolute Gasteiger partial charge is 0.444 e. The van der Waals surface area contributed by atoms with Crippen molar-refractivity contribution in [3.05, 3.63) is 41.6 Å². The van der Waals surface area contributed by atoms with Crippen LogP contribution in [-0.2, 0) is 20.6 Å². The van der Waals surface area contributed by atoms with Gasteiger partial charge in [0, 0.05) is 60.0 Å². The zero-order valence-electron chi connectivity index (χ0n) is 33.4. The number of carbonyl (C=O) groups excluding carboxylic acids is 4. The first-order valence-electron chi connectivity index (χ1n) is 18.7. The number of aryl methyl sites for hydroxylation is 1. The maximum atomic E-state index is 16.8. The number of anilines is 3. The van der Waals surface area contributed by atoms with Crippen LogP contribution in [0, 0.1) is 18.2 Å². The predicted octanol–water partition coefficient (Wildman–Crippen LogP) is 8.30. The van der Waals surface area contributed by atoms with Crippen molar-refractivity contribution in [3.8, 4) is 11.1 Å². The van der Waals surface area contributed by atoms with Crippen LogP contribution in [0.1, 0.15) is 92.8 Å². The second-order valence-electron chi connectivity index (χ2n) is 17.9. The van der Waals surface area contributed by atoms with E-state index in [4.69, 9.17) is 14.2 Å². The highest BCUT2D eigenvalue weighted by Gasteiger charge is 2.54. The SMILES string of the molecule is Cc1c(-c2cc3cc(NC(=O)NC4CC5(C4)CN(C(=O)OC(C)(C)C)C5)ncc3c(NC(=O)OC(C)(C)C)c2F)cnc2c1N(C(=O)OC(C)(C)C)CCC2. The summed E-state index contributed by atoms with van der Waals surface area (Å²) in [4.78, 5) is 64.1. The standard InChI is InChI=1S/C40H52FN7O7/c1-22-26(18-42-28-12-11-13-48(32(22)28)36(52)55-39(8,9)10)25-14-23-15-29(43-19-27(23)31(30(25)41)46-34(50)53-37(2,3)4)45-33(49)44-24-16-40(17-24)20-47(21-40)35(51)54-38(5,6)7/h14-15,18-19,24H,11-13,16-17,20-21H2,1-10H3,(H,46,50)(H2,43,44,45,49). The number of halogens is 1. The molecule has 0 atom stereocenters. The third-order valence-corrected chi connectivity index (χ3v) is 9.58. The van der Waals surface area contributed by atoms with Crippen LogP contribution in [0.3, 0.4) is 0 Å². The summed E-state index contributed by atoms with van der Waals surface area (Å²) in [5.74, 6) is -0.542. The summed E-state index contributed by atoms with van der Waals surface area (Å²) in [5, 5.41) is 9.08. The smallest absolute Gasteiger partial charge is 0.414 e. The molecule has 15 heteroatoms. The van der Waals surface area contributed by atoms with Gasteiger partial charge >= 0.3 is 24.3 Å². The van der Waals surface area contributed by atoms with Crippen LogP contribution in [-0.4, -0.2) is 81.7 Å². The van der Waals surface area contributed by atoms with Crippen LogP contribution in [0.25, 0.3) is 21.9 Å². The van der Waals surface area contributed by atoms with Crippen LogP contribution in [0.2, 0.25) is 0 Å². The quantitative estimate of drug-likeness (QED) is 0.222. The lowest BCUT2D eigenvalue weighted by molar-refractivity contribution is -0.0806. The summed E-state index contributed by atoms with van der Waals surface area (Å²) in [6.45, 7) is 19.4. The fourth-order valence-corrected chi connectivity index (χ4v) is 7.44. The lowest BCUT2D eigenvalue weighted by Crippen LogP contribution is -2.68. The van der Waals surface area contributed by atoms with E-state index in [1.807, 2.05) is 20.8 Å². The van der Waals surface area contributed by atoms with Crippen LogP contribution < -0.4 is 20.9 Å². The van der Waals surface area contributed by atoms with Crippen LogP contribution in [0.4, 0.5) is 40.8 Å². The lowest BCUT2D eigenvalue weighted by atomic mass is 9.61. The number of carbonyl (C=O) groups is 4. The molecule has 2 fully saturated rings. The first-order chi connectivity index (χ1) is 25.5. The van der Waals surface area contributed by atoms with Gasteiger partial charge in [-0.25, -0.2) is 28.6 Å². The molecule has 1 aromatic carbocycles. The Balaban J connectivity index is 1.26. The van der Waals surface area contributed by atoms with Crippen LogP contribution in [0.5, 0.6) is 0 Å². The van der Waals surface area contributed by atoms with E-state index in [0.717, 1.165) is 12.8 Å². The Morgan fingerprint density at radius 2 is 1.47 bits per heavy atom. The Morgan fingerprint density at radius 1 is 0.836 bits per heavy atom. The van der Waals surface area contributed by atoms with Crippen molar-refractivity contribution in [2.45, 2.75) is 118 Å². The zero-order valence-corrected chi connectivity index (χ0v) is 33.4. The monoisotopic (exact) mass is 761 g/mol. The number of ether oxygens (including phenoxy) is 3. The number of hydrogen-bond acceptors (Lipinski definition) is 9. The molecule has 3 aromatic rings. The summed E-state index contributed by atoms with van der Waals surface area (Å²) in [7, 11) is 0. The van der Waals surface area contributed by atoms with Gasteiger partial charge in [0.1, 0.15) is 22.6 Å². The Kier molecular flexibility index (Phi) is 10.1. The van der Waals surface area contributed by atoms with Crippen molar-refractivity contribution in [2.75, 3.05) is 35.2 Å². The molecule has 0 unspecified atom stereocenters. The number of aromatic nitrogens is 2. The number of rotatable bonds is 4. The molecule has 14 nitrogen and oxygen atoms in total. The molecule has 296 valence electrons. The van der Waals surface area contributed by atoms with Gasteiger partial charge in [-0.1, -0.05) is 0 Å². The number of nitrogens with zero attached hydrogens (tertiary/aromatic N) is 4. The summed E-state index contributed by atoms with van der Waals surface area (Å²) in [5.41, 5.74) is 0.0706. The third kappa shape index (κ3) is 8.86. The van der Waals surface area contributed by atoms with Crippen molar-refractivity contribution in [1.29, 1.82) is 0 Å². The Labute approximate surface area is 320 Å². The molecular formula is C40H52FN7O7. The molecule has 55 heavy (non-hydrogen) atoms. The Hall–Kier alpha value is -5.21. The van der Waals surface area contributed by atoms with Crippen molar-refractivity contribution < 1.29 is 37.8 Å². The minimum atomic E-state index is -0.859. The van der Waals surface area contributed by atoms with Crippen LogP contribution >= 0.6 is 0 Å². The van der Waals surface area contributed by atoms with E-state index < -0.39 is 40.8 Å². The molecule has 4 heterocycles. The number of fused-ring (bicyclic) bond motifs is 2. The highest BCUT2D eigenvalue weighted by Crippen LogP contribution is 2.49. The van der Waals surface area contributed by atoms with Gasteiger partial charge in [0.15, 0.2) is 5.82 Å². The molecule has 1 saturated heterocycles. The van der Waals surface area contributed by atoms with Crippen molar-refractivity contribution >= 4 is 52.3 Å². The number of amides is 5. The van der Waals surface area contributed by atoms with Crippen molar-refractivity contribution in [3.63, 3.8) is 0 Å². The molecule has 3 aliphatic rings. The number of hydrogen-bond donors (Lipinski definition) is 3. The van der Waals surface area contributed by atoms with Crippen molar-refractivity contribution in [1.82, 2.24) is 20.2 Å². The van der Waals surface area contributed by atoms with Gasteiger partial charge in [0.2, 0.25) is 0 Å². The molecule has 3 N–H and O–H groups in total. The number of benzene rings is 1. The first-order valence-corrected chi connectivity index (χ1v) is 18.7. The summed E-state index contributed by atoms with van der Waals surface area (Å²) >= 11 is 0. The van der Waals surface area contributed by atoms with Gasteiger partial charge in [-0.3, -0.25) is 20.5 Å². The normalized spacial score (nSPS) is 16.8. The van der Waals surface area contributed by atoms with Gasteiger partial charge in [-0.05, 0) is 118 Å². The van der Waals surface area contributed by atoms with E-state index in [1.54, 1.807) is 76.6 Å². The number of pyridine rings is 2. The van der Waals surface area contributed by atoms with E-state index in [9.17, 15) is 19.2 Å². The minimum Gasteiger partial charge on any atom is -0.444 e. The van der Waals surface area contributed by atoms with Gasteiger partial charge in [0.25, 0.3) is 0 Å². The number of likely N-dealkylation sites (tertiary alicyclic amines) is 1. The minimum absolute atomic E-state index is 0.0261. The van der Waals surface area contributed by atoms with Gasteiger partial charge < -0.3 is 24.4 Å². The Bertz CT molecular complexity index is 2040. The summed E-state index contributed by atoms with van der Waals surface area (Å²) in [6.07, 6.45) is 4.03. The molecule has 2 aromatic heterocycles. The van der Waals surface area contributed by atoms with Gasteiger partial charge in [-0.2, -0.15) is 0 Å². The highest BCUT2D eigenvalue weighted by atomic mass is 19.1. The molecule has 6 rings (SSSR count). The molecule has 1 aliphatic carbocycles. The molecule has 5 amide bonds. The zero-order chi connectivity index (χ0) is 40.2. The second-order valence-corrected chi connectivity index (χ2v) is 17.9. The van der Waals surface area contributed by atoms with E-state index in [-0.39, 0.29) is 40.0 Å². The molecule has 2 aliphatic heterocycles.